The van der Waals surface area contributed by atoms with Gasteiger partial charge in [-0.05, 0) is 50.2 Å². The molecule has 0 unspecified atom stereocenters. The van der Waals surface area contributed by atoms with E-state index in [9.17, 15) is 19.2 Å². The minimum atomic E-state index is -0.450. The maximum Gasteiger partial charge on any atom is 0.251 e. The van der Waals surface area contributed by atoms with E-state index in [1.807, 2.05) is 36.4 Å². The average Bonchev–Trinajstić information content (AvgIpc) is 3.32. The zero-order valence-electron chi connectivity index (χ0n) is 19.8. The number of nitrogens with one attached hydrogen (secondary N) is 2. The lowest BCUT2D eigenvalue weighted by atomic mass is 10.1. The molecule has 4 amide bonds. The molecule has 2 aromatic rings. The Morgan fingerprint density at radius 1 is 0.571 bits per heavy atom. The van der Waals surface area contributed by atoms with Crippen molar-refractivity contribution < 1.29 is 19.2 Å². The molecule has 2 aromatic carbocycles. The van der Waals surface area contributed by atoms with Gasteiger partial charge in [-0.2, -0.15) is 0 Å². The SMILES string of the molecule is O=C1C[C@@H](NCCCCCCCN[C@@H]2CC(=O)N(c3ccccc3)C2=O)C(=O)N1c1ccccc1. The van der Waals surface area contributed by atoms with Crippen LogP contribution in [0.2, 0.25) is 0 Å². The molecule has 2 aliphatic heterocycles. The Kier molecular flexibility index (Phi) is 8.39. The van der Waals surface area contributed by atoms with Crippen molar-refractivity contribution in [1.82, 2.24) is 10.6 Å². The molecule has 2 saturated heterocycles. The highest BCUT2D eigenvalue weighted by Gasteiger charge is 2.39. The summed E-state index contributed by atoms with van der Waals surface area (Å²) in [6, 6.07) is 17.2. The van der Waals surface area contributed by atoms with Crippen LogP contribution in [0.15, 0.2) is 60.7 Å². The molecule has 2 atom stereocenters. The van der Waals surface area contributed by atoms with Gasteiger partial charge in [0, 0.05) is 0 Å². The Balaban J connectivity index is 1.07. The molecule has 0 aromatic heterocycles. The van der Waals surface area contributed by atoms with Crippen LogP contribution in [0.3, 0.4) is 0 Å². The molecule has 184 valence electrons. The quantitative estimate of drug-likeness (QED) is 0.361. The van der Waals surface area contributed by atoms with E-state index >= 15 is 0 Å². The second-order valence-corrected chi connectivity index (χ2v) is 9.00. The summed E-state index contributed by atoms with van der Waals surface area (Å²) < 4.78 is 0. The molecule has 2 N–H and O–H groups in total. The predicted molar refractivity (Wildman–Crippen MR) is 134 cm³/mol. The minimum absolute atomic E-state index is 0.166. The van der Waals surface area contributed by atoms with Gasteiger partial charge >= 0.3 is 0 Å². The fourth-order valence-corrected chi connectivity index (χ4v) is 4.61. The van der Waals surface area contributed by atoms with Gasteiger partial charge in [0.25, 0.3) is 11.8 Å². The largest absolute Gasteiger partial charge is 0.305 e. The topological polar surface area (TPSA) is 98.8 Å². The normalized spacial score (nSPS) is 20.3. The second-order valence-electron chi connectivity index (χ2n) is 9.00. The Morgan fingerprint density at radius 2 is 0.943 bits per heavy atom. The molecule has 8 heteroatoms. The fourth-order valence-electron chi connectivity index (χ4n) is 4.61. The highest BCUT2D eigenvalue weighted by atomic mass is 16.2. The Labute approximate surface area is 205 Å². The van der Waals surface area contributed by atoms with Crippen LogP contribution in [-0.2, 0) is 19.2 Å². The highest BCUT2D eigenvalue weighted by molar-refractivity contribution is 6.23. The minimum Gasteiger partial charge on any atom is -0.305 e. The number of rotatable bonds is 12. The number of carbonyl (C=O) groups excluding carboxylic acids is 4. The number of nitrogens with zero attached hydrogens (tertiary/aromatic N) is 2. The van der Waals surface area contributed by atoms with E-state index in [4.69, 9.17) is 0 Å². The van der Waals surface area contributed by atoms with Crippen molar-refractivity contribution in [3.63, 3.8) is 0 Å². The molecule has 8 nitrogen and oxygen atoms in total. The van der Waals surface area contributed by atoms with Crippen molar-refractivity contribution in [1.29, 1.82) is 0 Å². The monoisotopic (exact) mass is 476 g/mol. The number of amides is 4. The molecule has 35 heavy (non-hydrogen) atoms. The summed E-state index contributed by atoms with van der Waals surface area (Å²) >= 11 is 0. The number of carbonyl (C=O) groups is 4. The Hall–Kier alpha value is -3.36. The number of para-hydroxylation sites is 2. The molecule has 0 radical (unpaired) electrons. The number of anilines is 2. The van der Waals surface area contributed by atoms with Crippen LogP contribution in [-0.4, -0.2) is 48.8 Å². The highest BCUT2D eigenvalue weighted by Crippen LogP contribution is 2.23. The zero-order chi connectivity index (χ0) is 24.6. The molecular formula is C27H32N4O4. The van der Waals surface area contributed by atoms with Gasteiger partial charge in [0.05, 0.1) is 36.3 Å². The molecule has 2 fully saturated rings. The lowest BCUT2D eigenvalue weighted by Gasteiger charge is -2.15. The number of hydrogen-bond donors (Lipinski definition) is 2. The lowest BCUT2D eigenvalue weighted by molar-refractivity contribution is -0.123. The summed E-state index contributed by atoms with van der Waals surface area (Å²) in [5.41, 5.74) is 1.24. The van der Waals surface area contributed by atoms with Crippen molar-refractivity contribution >= 4 is 35.0 Å². The van der Waals surface area contributed by atoms with E-state index in [-0.39, 0.29) is 36.5 Å². The van der Waals surface area contributed by atoms with Crippen LogP contribution in [0.25, 0.3) is 0 Å². The third-order valence-electron chi connectivity index (χ3n) is 6.46. The standard InChI is InChI=1S/C27H32N4O4/c32-24-18-22(26(34)30(24)20-12-6-4-7-13-20)28-16-10-2-1-3-11-17-29-23-19-25(33)31(27(23)35)21-14-8-5-9-15-21/h4-9,12-15,22-23,28-29H,1-3,10-11,16-19H2/t22-,23-/m1/s1. The van der Waals surface area contributed by atoms with E-state index < -0.39 is 12.1 Å². The van der Waals surface area contributed by atoms with Crippen LogP contribution in [0.4, 0.5) is 11.4 Å². The van der Waals surface area contributed by atoms with Gasteiger partial charge in [0.1, 0.15) is 0 Å². The maximum atomic E-state index is 12.6. The third kappa shape index (κ3) is 6.01. The van der Waals surface area contributed by atoms with Gasteiger partial charge in [-0.25, -0.2) is 9.80 Å². The molecule has 2 aliphatic rings. The summed E-state index contributed by atoms with van der Waals surface area (Å²) in [7, 11) is 0. The van der Waals surface area contributed by atoms with Crippen molar-refractivity contribution in [3.05, 3.63) is 60.7 Å². The lowest BCUT2D eigenvalue weighted by Crippen LogP contribution is -2.39. The summed E-state index contributed by atoms with van der Waals surface area (Å²) in [6.07, 6.45) is 5.34. The average molecular weight is 477 g/mol. The van der Waals surface area contributed by atoms with E-state index in [1.54, 1.807) is 24.3 Å². The third-order valence-corrected chi connectivity index (χ3v) is 6.46. The van der Waals surface area contributed by atoms with Crippen molar-refractivity contribution in [2.45, 2.75) is 57.0 Å². The molecule has 2 heterocycles. The Morgan fingerprint density at radius 3 is 1.34 bits per heavy atom. The van der Waals surface area contributed by atoms with Crippen LogP contribution in [0.1, 0.15) is 44.9 Å². The van der Waals surface area contributed by atoms with Crippen molar-refractivity contribution in [3.8, 4) is 0 Å². The first kappa shape index (κ1) is 24.8. The smallest absolute Gasteiger partial charge is 0.251 e. The summed E-state index contributed by atoms with van der Waals surface area (Å²) in [5, 5.41) is 6.46. The molecule has 0 bridgehead atoms. The van der Waals surface area contributed by atoms with Gasteiger partial charge in [-0.3, -0.25) is 19.2 Å². The zero-order valence-corrected chi connectivity index (χ0v) is 19.8. The summed E-state index contributed by atoms with van der Waals surface area (Å²) in [6.45, 7) is 1.39. The molecule has 0 spiro atoms. The van der Waals surface area contributed by atoms with Gasteiger partial charge in [-0.15, -0.1) is 0 Å². The maximum absolute atomic E-state index is 12.6. The number of unbranched alkanes of at least 4 members (excludes halogenated alkanes) is 4. The summed E-state index contributed by atoms with van der Waals surface area (Å²) in [4.78, 5) is 52.3. The first-order valence-electron chi connectivity index (χ1n) is 12.4. The molecule has 0 saturated carbocycles. The van der Waals surface area contributed by atoms with Crippen LogP contribution in [0.5, 0.6) is 0 Å². The van der Waals surface area contributed by atoms with Crippen LogP contribution < -0.4 is 20.4 Å². The van der Waals surface area contributed by atoms with E-state index in [2.05, 4.69) is 10.6 Å². The number of benzene rings is 2. The van der Waals surface area contributed by atoms with Crippen LogP contribution in [0, 0.1) is 0 Å². The van der Waals surface area contributed by atoms with E-state index in [0.29, 0.717) is 24.5 Å². The van der Waals surface area contributed by atoms with E-state index in [0.717, 1.165) is 32.1 Å². The predicted octanol–water partition coefficient (Wildman–Crippen LogP) is 2.78. The van der Waals surface area contributed by atoms with Gasteiger partial charge in [0.2, 0.25) is 11.8 Å². The first-order valence-corrected chi connectivity index (χ1v) is 12.4. The van der Waals surface area contributed by atoms with Gasteiger partial charge in [0.15, 0.2) is 0 Å². The second kappa shape index (κ2) is 11.9. The molecular weight excluding hydrogens is 444 g/mol. The van der Waals surface area contributed by atoms with Gasteiger partial charge < -0.3 is 10.6 Å². The molecule has 0 aliphatic carbocycles. The van der Waals surface area contributed by atoms with E-state index in [1.165, 1.54) is 9.80 Å². The first-order chi connectivity index (χ1) is 17.1. The number of imide groups is 2. The van der Waals surface area contributed by atoms with Crippen molar-refractivity contribution in [2.24, 2.45) is 0 Å². The Bertz CT molecular complexity index is 960. The van der Waals surface area contributed by atoms with Gasteiger partial charge in [-0.1, -0.05) is 55.7 Å². The fraction of sp³-hybridized carbons (Fsp3) is 0.407. The van der Waals surface area contributed by atoms with Crippen molar-refractivity contribution in [2.75, 3.05) is 22.9 Å². The van der Waals surface area contributed by atoms with Crippen LogP contribution >= 0.6 is 0 Å². The molecule has 4 rings (SSSR count). The number of hydrogen-bond acceptors (Lipinski definition) is 6. The summed E-state index contributed by atoms with van der Waals surface area (Å²) in [5.74, 6) is -0.697.